The van der Waals surface area contributed by atoms with Gasteiger partial charge in [0.1, 0.15) is 17.5 Å². The average molecular weight is 277 g/mol. The fourth-order valence-corrected chi connectivity index (χ4v) is 2.18. The summed E-state index contributed by atoms with van der Waals surface area (Å²) in [6, 6.07) is 8.45. The van der Waals surface area contributed by atoms with Gasteiger partial charge in [-0.2, -0.15) is 0 Å². The molecule has 1 nitrogen and oxygen atoms in total. The van der Waals surface area contributed by atoms with Gasteiger partial charge in [0.05, 0.1) is 5.56 Å². The van der Waals surface area contributed by atoms with Crippen LogP contribution in [0.2, 0.25) is 0 Å². The van der Waals surface area contributed by atoms with Crippen molar-refractivity contribution in [3.8, 4) is 11.1 Å². The topological polar surface area (TPSA) is 12.0 Å². The van der Waals surface area contributed by atoms with Gasteiger partial charge in [-0.05, 0) is 42.7 Å². The molecule has 0 heterocycles. The van der Waals surface area contributed by atoms with Crippen LogP contribution in [0.5, 0.6) is 0 Å². The Balaban J connectivity index is 1.96. The minimum absolute atomic E-state index is 0.0318. The van der Waals surface area contributed by atoms with Crippen LogP contribution in [-0.4, -0.2) is 6.04 Å². The van der Waals surface area contributed by atoms with Crippen molar-refractivity contribution in [1.29, 1.82) is 0 Å². The minimum atomic E-state index is -0.754. The van der Waals surface area contributed by atoms with Crippen LogP contribution in [0.1, 0.15) is 18.4 Å². The van der Waals surface area contributed by atoms with Crippen LogP contribution in [0.4, 0.5) is 13.2 Å². The molecule has 0 radical (unpaired) electrons. The van der Waals surface area contributed by atoms with E-state index in [-0.39, 0.29) is 11.1 Å². The second kappa shape index (κ2) is 5.29. The highest BCUT2D eigenvalue weighted by molar-refractivity contribution is 5.66. The summed E-state index contributed by atoms with van der Waals surface area (Å²) in [5.74, 6) is -2.13. The van der Waals surface area contributed by atoms with Crippen LogP contribution in [-0.2, 0) is 6.54 Å². The lowest BCUT2D eigenvalue weighted by Crippen LogP contribution is -2.15. The molecule has 0 atom stereocenters. The highest BCUT2D eigenvalue weighted by Gasteiger charge is 2.20. The number of benzene rings is 2. The quantitative estimate of drug-likeness (QED) is 0.890. The normalized spacial score (nSPS) is 14.6. The molecule has 0 saturated heterocycles. The van der Waals surface area contributed by atoms with E-state index in [9.17, 15) is 13.2 Å². The van der Waals surface area contributed by atoms with E-state index in [1.165, 1.54) is 18.2 Å². The molecule has 20 heavy (non-hydrogen) atoms. The lowest BCUT2D eigenvalue weighted by Gasteiger charge is -2.09. The van der Waals surface area contributed by atoms with Crippen LogP contribution in [0.15, 0.2) is 36.4 Å². The number of hydrogen-bond acceptors (Lipinski definition) is 1. The first-order chi connectivity index (χ1) is 9.65. The highest BCUT2D eigenvalue weighted by atomic mass is 19.1. The molecule has 0 aromatic heterocycles. The fraction of sp³-hybridized carbons (Fsp3) is 0.250. The Morgan fingerprint density at radius 1 is 0.950 bits per heavy atom. The van der Waals surface area contributed by atoms with Crippen molar-refractivity contribution >= 4 is 0 Å². The van der Waals surface area contributed by atoms with Crippen LogP contribution in [0.25, 0.3) is 11.1 Å². The molecular weight excluding hydrogens is 263 g/mol. The van der Waals surface area contributed by atoms with Gasteiger partial charge in [-0.25, -0.2) is 13.2 Å². The second-order valence-corrected chi connectivity index (χ2v) is 5.07. The molecule has 2 aromatic carbocycles. The van der Waals surface area contributed by atoms with E-state index in [0.717, 1.165) is 30.5 Å². The lowest BCUT2D eigenvalue weighted by atomic mass is 10.0. The summed E-state index contributed by atoms with van der Waals surface area (Å²) in [6.45, 7) is 0.577. The van der Waals surface area contributed by atoms with E-state index in [2.05, 4.69) is 5.32 Å². The van der Waals surface area contributed by atoms with Gasteiger partial charge >= 0.3 is 0 Å². The van der Waals surface area contributed by atoms with Gasteiger partial charge < -0.3 is 5.32 Å². The average Bonchev–Trinajstić information content (AvgIpc) is 3.23. The molecule has 0 unspecified atom stereocenters. The maximum Gasteiger partial charge on any atom is 0.134 e. The van der Waals surface area contributed by atoms with Crippen molar-refractivity contribution < 1.29 is 13.2 Å². The van der Waals surface area contributed by atoms with Crippen LogP contribution in [0.3, 0.4) is 0 Å². The minimum Gasteiger partial charge on any atom is -0.310 e. The van der Waals surface area contributed by atoms with Crippen molar-refractivity contribution in [3.63, 3.8) is 0 Å². The van der Waals surface area contributed by atoms with Gasteiger partial charge in [0.25, 0.3) is 0 Å². The third kappa shape index (κ3) is 2.70. The molecule has 0 bridgehead atoms. The largest absolute Gasteiger partial charge is 0.310 e. The molecule has 1 fully saturated rings. The summed E-state index contributed by atoms with van der Waals surface area (Å²) in [7, 11) is 0. The lowest BCUT2D eigenvalue weighted by molar-refractivity contribution is 0.581. The summed E-state index contributed by atoms with van der Waals surface area (Å²) in [6.07, 6.45) is 2.30. The summed E-state index contributed by atoms with van der Waals surface area (Å²) in [5, 5.41) is 3.29. The summed E-state index contributed by atoms with van der Waals surface area (Å²) < 4.78 is 41.4. The molecule has 0 spiro atoms. The molecule has 1 aliphatic carbocycles. The Bertz CT molecular complexity index is 615. The predicted molar refractivity (Wildman–Crippen MR) is 71.6 cm³/mol. The van der Waals surface area contributed by atoms with Crippen molar-refractivity contribution in [1.82, 2.24) is 5.32 Å². The van der Waals surface area contributed by atoms with Crippen LogP contribution < -0.4 is 5.32 Å². The Morgan fingerprint density at radius 2 is 1.65 bits per heavy atom. The van der Waals surface area contributed by atoms with Gasteiger partial charge in [-0.1, -0.05) is 12.1 Å². The molecular formula is C16H14F3N. The first kappa shape index (κ1) is 13.2. The molecule has 1 saturated carbocycles. The van der Waals surface area contributed by atoms with Crippen LogP contribution in [0, 0.1) is 17.5 Å². The Labute approximate surface area is 115 Å². The van der Waals surface area contributed by atoms with Gasteiger partial charge in [-0.3, -0.25) is 0 Å². The fourth-order valence-electron chi connectivity index (χ4n) is 2.18. The van der Waals surface area contributed by atoms with E-state index >= 15 is 0 Å². The van der Waals surface area contributed by atoms with Crippen molar-refractivity contribution in [3.05, 3.63) is 59.4 Å². The van der Waals surface area contributed by atoms with Crippen molar-refractivity contribution in [2.24, 2.45) is 0 Å². The Hall–Kier alpha value is -1.81. The Kier molecular flexibility index (Phi) is 3.49. The summed E-state index contributed by atoms with van der Waals surface area (Å²) >= 11 is 0. The summed E-state index contributed by atoms with van der Waals surface area (Å²) in [4.78, 5) is 0. The zero-order valence-electron chi connectivity index (χ0n) is 10.8. The van der Waals surface area contributed by atoms with E-state index in [0.29, 0.717) is 12.6 Å². The molecule has 104 valence electrons. The van der Waals surface area contributed by atoms with E-state index in [4.69, 9.17) is 0 Å². The van der Waals surface area contributed by atoms with Gasteiger partial charge in [-0.15, -0.1) is 0 Å². The third-order valence-corrected chi connectivity index (χ3v) is 3.44. The standard InChI is InChI=1S/C16H14F3N/c17-13-7-4-10(9-20-11-5-6-11)8-12(13)16-14(18)2-1-3-15(16)19/h1-4,7-8,11,20H,5-6,9H2. The molecule has 0 amide bonds. The molecule has 1 N–H and O–H groups in total. The molecule has 2 aromatic rings. The zero-order chi connectivity index (χ0) is 14.1. The van der Waals surface area contributed by atoms with E-state index < -0.39 is 17.5 Å². The first-order valence-electron chi connectivity index (χ1n) is 6.61. The predicted octanol–water partition coefficient (Wildman–Crippen LogP) is 4.02. The summed E-state index contributed by atoms with van der Waals surface area (Å²) in [5.41, 5.74) is 0.477. The maximum atomic E-state index is 13.9. The van der Waals surface area contributed by atoms with Crippen LogP contribution >= 0.6 is 0 Å². The smallest absolute Gasteiger partial charge is 0.134 e. The van der Waals surface area contributed by atoms with Gasteiger partial charge in [0.2, 0.25) is 0 Å². The van der Waals surface area contributed by atoms with Gasteiger partial charge in [0.15, 0.2) is 0 Å². The highest BCUT2D eigenvalue weighted by Crippen LogP contribution is 2.29. The number of hydrogen-bond donors (Lipinski definition) is 1. The van der Waals surface area contributed by atoms with E-state index in [1.54, 1.807) is 6.07 Å². The Morgan fingerprint density at radius 3 is 2.30 bits per heavy atom. The zero-order valence-corrected chi connectivity index (χ0v) is 10.8. The maximum absolute atomic E-state index is 13.9. The monoisotopic (exact) mass is 277 g/mol. The molecule has 4 heteroatoms. The number of nitrogens with one attached hydrogen (secondary N) is 1. The van der Waals surface area contributed by atoms with Crippen molar-refractivity contribution in [2.75, 3.05) is 0 Å². The first-order valence-corrected chi connectivity index (χ1v) is 6.61. The second-order valence-electron chi connectivity index (χ2n) is 5.07. The third-order valence-electron chi connectivity index (χ3n) is 3.44. The molecule has 1 aliphatic rings. The number of rotatable bonds is 4. The molecule has 0 aliphatic heterocycles. The van der Waals surface area contributed by atoms with E-state index in [1.807, 2.05) is 0 Å². The number of halogens is 3. The SMILES string of the molecule is Fc1ccc(CNC2CC2)cc1-c1c(F)cccc1F. The van der Waals surface area contributed by atoms with Gasteiger partial charge in [0, 0.05) is 18.2 Å². The molecule has 3 rings (SSSR count). The van der Waals surface area contributed by atoms with Crippen molar-refractivity contribution in [2.45, 2.75) is 25.4 Å².